The first-order chi connectivity index (χ1) is 5.92. The molecule has 0 saturated carbocycles. The number of aryl methyl sites for hydroxylation is 1. The Morgan fingerprint density at radius 3 is 3.00 bits per heavy atom. The second-order valence-corrected chi connectivity index (χ2v) is 3.31. The molecular weight excluding hydrogens is 146 g/mol. The molecule has 0 amide bonds. The quantitative estimate of drug-likeness (QED) is 0.611. The molecule has 1 nitrogen and oxygen atoms in total. The minimum Gasteiger partial charge on any atom is -0.372 e. The number of rotatable bonds is 1. The van der Waals surface area contributed by atoms with E-state index in [2.05, 4.69) is 36.1 Å². The largest absolute Gasteiger partial charge is 0.372 e. The van der Waals surface area contributed by atoms with Crippen LogP contribution in [0.1, 0.15) is 18.9 Å². The molecule has 1 heteroatoms. The minimum absolute atomic E-state index is 1.14. The highest BCUT2D eigenvalue weighted by Gasteiger charge is 2.13. The van der Waals surface area contributed by atoms with Gasteiger partial charge in [-0.25, -0.2) is 0 Å². The monoisotopic (exact) mass is 161 g/mol. The zero-order valence-electron chi connectivity index (χ0n) is 7.59. The van der Waals surface area contributed by atoms with Crippen molar-refractivity contribution in [3.8, 4) is 0 Å². The highest BCUT2D eigenvalue weighted by Crippen LogP contribution is 2.25. The molecule has 1 aromatic carbocycles. The van der Waals surface area contributed by atoms with Crippen molar-refractivity contribution in [2.75, 3.05) is 18.0 Å². The van der Waals surface area contributed by atoms with Crippen molar-refractivity contribution >= 4 is 5.69 Å². The van der Waals surface area contributed by atoms with Crippen molar-refractivity contribution in [1.29, 1.82) is 0 Å². The van der Waals surface area contributed by atoms with Gasteiger partial charge in [-0.15, -0.1) is 0 Å². The normalized spacial score (nSPS) is 15.9. The van der Waals surface area contributed by atoms with E-state index in [0.29, 0.717) is 0 Å². The summed E-state index contributed by atoms with van der Waals surface area (Å²) in [6.07, 6.45) is 2.57. The van der Waals surface area contributed by atoms with Crippen LogP contribution in [-0.4, -0.2) is 13.1 Å². The fourth-order valence-electron chi connectivity index (χ4n) is 1.94. The predicted molar refractivity (Wildman–Crippen MR) is 52.7 cm³/mol. The smallest absolute Gasteiger partial charge is 0.0398 e. The molecule has 0 aromatic heterocycles. The predicted octanol–water partition coefficient (Wildman–Crippen LogP) is 2.46. The molecule has 1 heterocycles. The maximum absolute atomic E-state index is 2.46. The summed E-state index contributed by atoms with van der Waals surface area (Å²) in [5, 5.41) is 0. The fraction of sp³-hybridized carbons (Fsp3) is 0.455. The Labute approximate surface area is 74.0 Å². The van der Waals surface area contributed by atoms with Crippen molar-refractivity contribution in [3.05, 3.63) is 29.8 Å². The lowest BCUT2D eigenvalue weighted by Crippen LogP contribution is -2.28. The minimum atomic E-state index is 1.14. The van der Waals surface area contributed by atoms with Crippen LogP contribution in [0.15, 0.2) is 24.3 Å². The van der Waals surface area contributed by atoms with Gasteiger partial charge in [-0.1, -0.05) is 18.2 Å². The van der Waals surface area contributed by atoms with Gasteiger partial charge in [-0.2, -0.15) is 0 Å². The Bertz CT molecular complexity index is 267. The van der Waals surface area contributed by atoms with E-state index in [-0.39, 0.29) is 0 Å². The number of nitrogens with zero attached hydrogens (tertiary/aromatic N) is 1. The van der Waals surface area contributed by atoms with Crippen LogP contribution in [0.5, 0.6) is 0 Å². The third kappa shape index (κ3) is 1.20. The Balaban J connectivity index is 2.37. The van der Waals surface area contributed by atoms with Gasteiger partial charge in [0.15, 0.2) is 0 Å². The van der Waals surface area contributed by atoms with Crippen LogP contribution in [0, 0.1) is 0 Å². The van der Waals surface area contributed by atoms with E-state index in [1.807, 2.05) is 0 Å². The number of hydrogen-bond acceptors (Lipinski definition) is 1. The molecule has 12 heavy (non-hydrogen) atoms. The van der Waals surface area contributed by atoms with E-state index < -0.39 is 0 Å². The fourth-order valence-corrected chi connectivity index (χ4v) is 1.94. The number of para-hydroxylation sites is 1. The van der Waals surface area contributed by atoms with Crippen molar-refractivity contribution in [2.45, 2.75) is 19.8 Å². The molecule has 0 radical (unpaired) electrons. The average Bonchev–Trinajstić information content (AvgIpc) is 2.17. The lowest BCUT2D eigenvalue weighted by molar-refractivity contribution is 0.708. The molecule has 0 saturated heterocycles. The number of anilines is 1. The summed E-state index contributed by atoms with van der Waals surface area (Å²) in [6, 6.07) is 8.75. The SMILES string of the molecule is CCN1CCCc2ccccc21. The molecule has 0 atom stereocenters. The van der Waals surface area contributed by atoms with Crippen LogP contribution < -0.4 is 4.90 Å². The van der Waals surface area contributed by atoms with E-state index in [0.717, 1.165) is 6.54 Å². The summed E-state index contributed by atoms with van der Waals surface area (Å²) in [4.78, 5) is 2.46. The average molecular weight is 161 g/mol. The van der Waals surface area contributed by atoms with Gasteiger partial charge in [0.05, 0.1) is 0 Å². The molecule has 0 aliphatic carbocycles. The molecule has 1 aromatic rings. The molecule has 0 N–H and O–H groups in total. The van der Waals surface area contributed by atoms with Gasteiger partial charge >= 0.3 is 0 Å². The van der Waals surface area contributed by atoms with Gasteiger partial charge in [0.25, 0.3) is 0 Å². The van der Waals surface area contributed by atoms with E-state index in [1.165, 1.54) is 30.6 Å². The zero-order valence-corrected chi connectivity index (χ0v) is 7.59. The van der Waals surface area contributed by atoms with Crippen molar-refractivity contribution in [3.63, 3.8) is 0 Å². The lowest BCUT2D eigenvalue weighted by Gasteiger charge is -2.29. The van der Waals surface area contributed by atoms with Gasteiger partial charge in [-0.05, 0) is 31.4 Å². The van der Waals surface area contributed by atoms with Crippen LogP contribution in [0.3, 0.4) is 0 Å². The van der Waals surface area contributed by atoms with Crippen LogP contribution in [-0.2, 0) is 6.42 Å². The van der Waals surface area contributed by atoms with E-state index in [9.17, 15) is 0 Å². The first-order valence-electron chi connectivity index (χ1n) is 4.74. The molecule has 0 unspecified atom stereocenters. The van der Waals surface area contributed by atoms with Gasteiger partial charge in [-0.3, -0.25) is 0 Å². The summed E-state index contributed by atoms with van der Waals surface area (Å²) < 4.78 is 0. The van der Waals surface area contributed by atoms with Gasteiger partial charge in [0.1, 0.15) is 0 Å². The second kappa shape index (κ2) is 3.18. The van der Waals surface area contributed by atoms with Crippen LogP contribution in [0.25, 0.3) is 0 Å². The molecule has 0 bridgehead atoms. The Hall–Kier alpha value is -0.980. The first-order valence-corrected chi connectivity index (χ1v) is 4.74. The molecule has 2 rings (SSSR count). The lowest BCUT2D eigenvalue weighted by atomic mass is 10.0. The molecule has 1 aliphatic heterocycles. The number of benzene rings is 1. The summed E-state index contributed by atoms with van der Waals surface area (Å²) in [7, 11) is 0. The molecule has 1 aliphatic rings. The van der Waals surface area contributed by atoms with Crippen LogP contribution in [0.2, 0.25) is 0 Å². The molecule has 0 spiro atoms. The van der Waals surface area contributed by atoms with E-state index in [4.69, 9.17) is 0 Å². The van der Waals surface area contributed by atoms with E-state index >= 15 is 0 Å². The van der Waals surface area contributed by atoms with Crippen molar-refractivity contribution < 1.29 is 0 Å². The Kier molecular flexibility index (Phi) is 2.03. The maximum atomic E-state index is 2.46. The summed E-state index contributed by atoms with van der Waals surface area (Å²) >= 11 is 0. The third-order valence-corrected chi connectivity index (χ3v) is 2.59. The van der Waals surface area contributed by atoms with E-state index in [1.54, 1.807) is 0 Å². The molecular formula is C11H15N. The maximum Gasteiger partial charge on any atom is 0.0398 e. The highest BCUT2D eigenvalue weighted by atomic mass is 15.1. The Morgan fingerprint density at radius 2 is 2.17 bits per heavy atom. The van der Waals surface area contributed by atoms with Crippen LogP contribution >= 0.6 is 0 Å². The van der Waals surface area contributed by atoms with Crippen molar-refractivity contribution in [2.24, 2.45) is 0 Å². The zero-order chi connectivity index (χ0) is 8.39. The van der Waals surface area contributed by atoms with Gasteiger partial charge in [0, 0.05) is 18.8 Å². The Morgan fingerprint density at radius 1 is 1.33 bits per heavy atom. The summed E-state index contributed by atoms with van der Waals surface area (Å²) in [6.45, 7) is 4.59. The summed E-state index contributed by atoms with van der Waals surface area (Å²) in [5.74, 6) is 0. The highest BCUT2D eigenvalue weighted by molar-refractivity contribution is 5.55. The summed E-state index contributed by atoms with van der Waals surface area (Å²) in [5.41, 5.74) is 2.97. The standard InChI is InChI=1S/C11H15N/c1-2-12-9-5-7-10-6-3-4-8-11(10)12/h3-4,6,8H,2,5,7,9H2,1H3. The molecule has 0 fully saturated rings. The van der Waals surface area contributed by atoms with Gasteiger partial charge in [0.2, 0.25) is 0 Å². The van der Waals surface area contributed by atoms with Crippen LogP contribution in [0.4, 0.5) is 5.69 Å². The third-order valence-electron chi connectivity index (χ3n) is 2.59. The molecule has 64 valence electrons. The second-order valence-electron chi connectivity index (χ2n) is 3.31. The first kappa shape index (κ1) is 7.66. The van der Waals surface area contributed by atoms with Crippen molar-refractivity contribution in [1.82, 2.24) is 0 Å². The number of hydrogen-bond donors (Lipinski definition) is 0. The topological polar surface area (TPSA) is 3.24 Å². The number of fused-ring (bicyclic) bond motifs is 1. The van der Waals surface area contributed by atoms with Gasteiger partial charge < -0.3 is 4.90 Å².